The first-order chi connectivity index (χ1) is 9.20. The predicted octanol–water partition coefficient (Wildman–Crippen LogP) is 2.19. The lowest BCUT2D eigenvalue weighted by Crippen LogP contribution is -2.26. The van der Waals surface area contributed by atoms with Gasteiger partial charge < -0.3 is 15.4 Å². The van der Waals surface area contributed by atoms with Crippen LogP contribution in [0.1, 0.15) is 23.2 Å². The molecule has 1 aliphatic heterocycles. The SMILES string of the molecule is COc1cc(Br)ccc1C(=O)NCCC1CCNC1. The largest absolute Gasteiger partial charge is 0.496 e. The second-order valence-electron chi connectivity index (χ2n) is 4.75. The highest BCUT2D eigenvalue weighted by Gasteiger charge is 2.16. The van der Waals surface area contributed by atoms with Crippen LogP contribution in [0.4, 0.5) is 0 Å². The fourth-order valence-electron chi connectivity index (χ4n) is 2.30. The molecule has 5 heteroatoms. The number of rotatable bonds is 5. The molecule has 0 saturated carbocycles. The Kier molecular flexibility index (Phi) is 5.22. The summed E-state index contributed by atoms with van der Waals surface area (Å²) < 4.78 is 6.13. The van der Waals surface area contributed by atoms with E-state index in [4.69, 9.17) is 4.74 Å². The second-order valence-corrected chi connectivity index (χ2v) is 5.66. The first-order valence-corrected chi connectivity index (χ1v) is 7.32. The highest BCUT2D eigenvalue weighted by molar-refractivity contribution is 9.10. The van der Waals surface area contributed by atoms with Gasteiger partial charge in [0.25, 0.3) is 5.91 Å². The Bertz CT molecular complexity index is 445. The summed E-state index contributed by atoms with van der Waals surface area (Å²) in [5.41, 5.74) is 0.579. The van der Waals surface area contributed by atoms with Gasteiger partial charge in [-0.15, -0.1) is 0 Å². The number of benzene rings is 1. The standard InChI is InChI=1S/C14H19BrN2O2/c1-19-13-8-11(15)2-3-12(13)14(18)17-7-5-10-4-6-16-9-10/h2-3,8,10,16H,4-7,9H2,1H3,(H,17,18). The van der Waals surface area contributed by atoms with Crippen molar-refractivity contribution in [1.82, 2.24) is 10.6 Å². The van der Waals surface area contributed by atoms with Crippen LogP contribution < -0.4 is 15.4 Å². The minimum atomic E-state index is -0.0738. The Hall–Kier alpha value is -1.07. The van der Waals surface area contributed by atoms with E-state index in [-0.39, 0.29) is 5.91 Å². The summed E-state index contributed by atoms with van der Waals surface area (Å²) in [6, 6.07) is 5.42. The Balaban J connectivity index is 1.88. The van der Waals surface area contributed by atoms with E-state index in [0.29, 0.717) is 23.8 Å². The summed E-state index contributed by atoms with van der Waals surface area (Å²) in [7, 11) is 1.57. The zero-order valence-electron chi connectivity index (χ0n) is 11.0. The Morgan fingerprint density at radius 2 is 2.42 bits per heavy atom. The second kappa shape index (κ2) is 6.91. The summed E-state index contributed by atoms with van der Waals surface area (Å²) in [6.45, 7) is 2.88. The highest BCUT2D eigenvalue weighted by atomic mass is 79.9. The van der Waals surface area contributed by atoms with Crippen LogP contribution in [-0.4, -0.2) is 32.7 Å². The highest BCUT2D eigenvalue weighted by Crippen LogP contribution is 2.23. The lowest BCUT2D eigenvalue weighted by Gasteiger charge is -2.11. The number of halogens is 1. The molecular weight excluding hydrogens is 308 g/mol. The van der Waals surface area contributed by atoms with Crippen molar-refractivity contribution in [3.63, 3.8) is 0 Å². The number of ether oxygens (including phenoxy) is 1. The van der Waals surface area contributed by atoms with Gasteiger partial charge in [0.2, 0.25) is 0 Å². The van der Waals surface area contributed by atoms with Crippen molar-refractivity contribution < 1.29 is 9.53 Å². The molecule has 4 nitrogen and oxygen atoms in total. The minimum absolute atomic E-state index is 0.0738. The van der Waals surface area contributed by atoms with Crippen LogP contribution in [-0.2, 0) is 0 Å². The third-order valence-corrected chi connectivity index (χ3v) is 3.90. The van der Waals surface area contributed by atoms with Crippen LogP contribution in [0.3, 0.4) is 0 Å². The van der Waals surface area contributed by atoms with Crippen molar-refractivity contribution in [3.05, 3.63) is 28.2 Å². The molecule has 1 fully saturated rings. The van der Waals surface area contributed by atoms with Crippen molar-refractivity contribution in [1.29, 1.82) is 0 Å². The van der Waals surface area contributed by atoms with Gasteiger partial charge in [-0.25, -0.2) is 0 Å². The molecule has 1 amide bonds. The number of nitrogens with one attached hydrogen (secondary N) is 2. The number of carbonyl (C=O) groups is 1. The average molecular weight is 327 g/mol. The molecule has 1 atom stereocenters. The number of methoxy groups -OCH3 is 1. The Morgan fingerprint density at radius 1 is 1.58 bits per heavy atom. The Labute approximate surface area is 122 Å². The van der Waals surface area contributed by atoms with Crippen molar-refractivity contribution in [3.8, 4) is 5.75 Å². The van der Waals surface area contributed by atoms with E-state index in [1.165, 1.54) is 6.42 Å². The number of amides is 1. The average Bonchev–Trinajstić information content (AvgIpc) is 2.91. The van der Waals surface area contributed by atoms with E-state index in [0.717, 1.165) is 24.0 Å². The maximum Gasteiger partial charge on any atom is 0.255 e. The molecule has 0 aromatic heterocycles. The van der Waals surface area contributed by atoms with E-state index >= 15 is 0 Å². The molecular formula is C14H19BrN2O2. The van der Waals surface area contributed by atoms with Gasteiger partial charge in [0.05, 0.1) is 12.7 Å². The molecule has 1 aromatic rings. The molecule has 1 heterocycles. The molecule has 19 heavy (non-hydrogen) atoms. The van der Waals surface area contributed by atoms with Gasteiger partial charge in [0.15, 0.2) is 0 Å². The summed E-state index contributed by atoms with van der Waals surface area (Å²) in [5, 5.41) is 6.29. The first kappa shape index (κ1) is 14.3. The monoisotopic (exact) mass is 326 g/mol. The maximum atomic E-state index is 12.1. The van der Waals surface area contributed by atoms with Crippen molar-refractivity contribution >= 4 is 21.8 Å². The van der Waals surface area contributed by atoms with Crippen LogP contribution >= 0.6 is 15.9 Å². The first-order valence-electron chi connectivity index (χ1n) is 6.53. The van der Waals surface area contributed by atoms with E-state index in [2.05, 4.69) is 26.6 Å². The molecule has 0 radical (unpaired) electrons. The zero-order valence-corrected chi connectivity index (χ0v) is 12.6. The van der Waals surface area contributed by atoms with Gasteiger partial charge in [-0.05, 0) is 50.0 Å². The molecule has 1 aliphatic rings. The van der Waals surface area contributed by atoms with Gasteiger partial charge in [0.1, 0.15) is 5.75 Å². The maximum absolute atomic E-state index is 12.1. The molecule has 104 valence electrons. The summed E-state index contributed by atoms with van der Waals surface area (Å²) in [6.07, 6.45) is 2.23. The number of hydrogen-bond donors (Lipinski definition) is 2. The third kappa shape index (κ3) is 3.94. The van der Waals surface area contributed by atoms with Crippen LogP contribution in [0, 0.1) is 5.92 Å². The fourth-order valence-corrected chi connectivity index (χ4v) is 2.64. The van der Waals surface area contributed by atoms with Gasteiger partial charge >= 0.3 is 0 Å². The number of carbonyl (C=O) groups excluding carboxylic acids is 1. The molecule has 1 aromatic carbocycles. The van der Waals surface area contributed by atoms with E-state index in [1.807, 2.05) is 6.07 Å². The molecule has 0 aliphatic carbocycles. The third-order valence-electron chi connectivity index (χ3n) is 3.41. The topological polar surface area (TPSA) is 50.4 Å². The minimum Gasteiger partial charge on any atom is -0.496 e. The molecule has 2 N–H and O–H groups in total. The molecule has 0 bridgehead atoms. The fraction of sp³-hybridized carbons (Fsp3) is 0.500. The van der Waals surface area contributed by atoms with Crippen molar-refractivity contribution in [2.75, 3.05) is 26.7 Å². The van der Waals surface area contributed by atoms with Crippen molar-refractivity contribution in [2.24, 2.45) is 5.92 Å². The molecule has 0 spiro atoms. The molecule has 1 saturated heterocycles. The van der Waals surface area contributed by atoms with E-state index in [9.17, 15) is 4.79 Å². The summed E-state index contributed by atoms with van der Waals surface area (Å²) >= 11 is 3.36. The molecule has 2 rings (SSSR count). The summed E-state index contributed by atoms with van der Waals surface area (Å²) in [4.78, 5) is 12.1. The quantitative estimate of drug-likeness (QED) is 0.872. The normalized spacial score (nSPS) is 18.3. The van der Waals surface area contributed by atoms with E-state index in [1.54, 1.807) is 19.2 Å². The Morgan fingerprint density at radius 3 is 3.11 bits per heavy atom. The lowest BCUT2D eigenvalue weighted by molar-refractivity contribution is 0.0948. The zero-order chi connectivity index (χ0) is 13.7. The van der Waals surface area contributed by atoms with Crippen LogP contribution in [0.5, 0.6) is 5.75 Å². The van der Waals surface area contributed by atoms with E-state index < -0.39 is 0 Å². The molecule has 1 unspecified atom stereocenters. The summed E-state index contributed by atoms with van der Waals surface area (Å²) in [5.74, 6) is 1.21. The van der Waals surface area contributed by atoms with Gasteiger partial charge in [0, 0.05) is 11.0 Å². The van der Waals surface area contributed by atoms with Crippen LogP contribution in [0.2, 0.25) is 0 Å². The lowest BCUT2D eigenvalue weighted by atomic mass is 10.1. The van der Waals surface area contributed by atoms with Crippen LogP contribution in [0.15, 0.2) is 22.7 Å². The number of hydrogen-bond acceptors (Lipinski definition) is 3. The van der Waals surface area contributed by atoms with Gasteiger partial charge in [-0.3, -0.25) is 4.79 Å². The predicted molar refractivity (Wildman–Crippen MR) is 78.6 cm³/mol. The van der Waals surface area contributed by atoms with Crippen LogP contribution in [0.25, 0.3) is 0 Å². The van der Waals surface area contributed by atoms with Gasteiger partial charge in [-0.1, -0.05) is 15.9 Å². The van der Waals surface area contributed by atoms with Crippen molar-refractivity contribution in [2.45, 2.75) is 12.8 Å². The van der Waals surface area contributed by atoms with Gasteiger partial charge in [-0.2, -0.15) is 0 Å². The smallest absolute Gasteiger partial charge is 0.255 e.